The highest BCUT2D eigenvalue weighted by Crippen LogP contribution is 2.37. The standard InChI is InChI=1S/C22H23N3O2/c1-2-3-15-22(24-25-22)16-14-19(26)23-20(17-10-6-4-7-11-17)21(27)18-12-8-5-9-13-18/h1,4-13,20-21,27H,3,14-16H2,(H,23,26)/t20-,21+/m1/s1. The number of aliphatic hydroxyl groups is 1. The number of amides is 1. The number of nitrogens with one attached hydrogen (secondary N) is 1. The van der Waals surface area contributed by atoms with Crippen LogP contribution in [0.2, 0.25) is 0 Å². The number of nitrogens with zero attached hydrogens (tertiary/aromatic N) is 2. The molecular formula is C22H23N3O2. The summed E-state index contributed by atoms with van der Waals surface area (Å²) in [5.41, 5.74) is 1.12. The minimum Gasteiger partial charge on any atom is -0.386 e. The maximum atomic E-state index is 12.6. The van der Waals surface area contributed by atoms with Crippen molar-refractivity contribution in [2.75, 3.05) is 0 Å². The van der Waals surface area contributed by atoms with Gasteiger partial charge >= 0.3 is 0 Å². The molecule has 0 bridgehead atoms. The van der Waals surface area contributed by atoms with Crippen LogP contribution in [-0.4, -0.2) is 16.7 Å². The summed E-state index contributed by atoms with van der Waals surface area (Å²) < 4.78 is 0. The fourth-order valence-corrected chi connectivity index (χ4v) is 3.08. The van der Waals surface area contributed by atoms with E-state index < -0.39 is 17.8 Å². The van der Waals surface area contributed by atoms with Gasteiger partial charge < -0.3 is 10.4 Å². The SMILES string of the molecule is C#CCCC1(CCC(=O)N[C@H](c2ccccc2)[C@@H](O)c2ccccc2)N=N1. The molecule has 0 saturated heterocycles. The van der Waals surface area contributed by atoms with E-state index in [1.807, 2.05) is 60.7 Å². The number of hydrogen-bond donors (Lipinski definition) is 2. The van der Waals surface area contributed by atoms with Crippen molar-refractivity contribution in [3.63, 3.8) is 0 Å². The molecule has 27 heavy (non-hydrogen) atoms. The molecule has 2 N–H and O–H groups in total. The number of benzene rings is 2. The molecule has 5 heteroatoms. The third kappa shape index (κ3) is 5.02. The molecule has 0 fully saturated rings. The summed E-state index contributed by atoms with van der Waals surface area (Å²) in [7, 11) is 0. The predicted octanol–water partition coefficient (Wildman–Crippen LogP) is 3.93. The van der Waals surface area contributed by atoms with Crippen molar-refractivity contribution in [2.24, 2.45) is 10.2 Å². The highest BCUT2D eigenvalue weighted by atomic mass is 16.3. The zero-order valence-corrected chi connectivity index (χ0v) is 15.1. The van der Waals surface area contributed by atoms with Crippen LogP contribution in [-0.2, 0) is 4.79 Å². The van der Waals surface area contributed by atoms with Crippen LogP contribution in [0, 0.1) is 12.3 Å². The number of rotatable bonds is 9. The fourth-order valence-electron chi connectivity index (χ4n) is 3.08. The Bertz CT molecular complexity index is 822. The molecule has 138 valence electrons. The Morgan fingerprint density at radius 2 is 1.63 bits per heavy atom. The first-order chi connectivity index (χ1) is 13.1. The van der Waals surface area contributed by atoms with Gasteiger partial charge in [-0.2, -0.15) is 10.2 Å². The van der Waals surface area contributed by atoms with E-state index in [2.05, 4.69) is 21.5 Å². The van der Waals surface area contributed by atoms with Gasteiger partial charge in [0, 0.05) is 25.7 Å². The Morgan fingerprint density at radius 3 is 2.19 bits per heavy atom. The minimum atomic E-state index is -0.844. The van der Waals surface area contributed by atoms with Gasteiger partial charge in [0.2, 0.25) is 5.91 Å². The Labute approximate surface area is 159 Å². The topological polar surface area (TPSA) is 74.0 Å². The van der Waals surface area contributed by atoms with Crippen molar-refractivity contribution in [1.29, 1.82) is 0 Å². The van der Waals surface area contributed by atoms with Crippen LogP contribution in [0.1, 0.15) is 49.0 Å². The van der Waals surface area contributed by atoms with Gasteiger partial charge in [0.15, 0.2) is 5.66 Å². The van der Waals surface area contributed by atoms with Gasteiger partial charge in [-0.1, -0.05) is 60.7 Å². The van der Waals surface area contributed by atoms with Gasteiger partial charge in [-0.05, 0) is 11.1 Å². The molecule has 2 atom stereocenters. The summed E-state index contributed by atoms with van der Waals surface area (Å²) in [6.07, 6.45) is 6.53. The Balaban J connectivity index is 1.67. The van der Waals surface area contributed by atoms with E-state index in [-0.39, 0.29) is 12.3 Å². The van der Waals surface area contributed by atoms with Crippen LogP contribution in [0.15, 0.2) is 70.9 Å². The van der Waals surface area contributed by atoms with Gasteiger partial charge in [0.1, 0.15) is 6.10 Å². The second-order valence-electron chi connectivity index (χ2n) is 6.70. The minimum absolute atomic E-state index is 0.142. The van der Waals surface area contributed by atoms with Gasteiger partial charge in [-0.3, -0.25) is 4.79 Å². The van der Waals surface area contributed by atoms with Crippen LogP contribution in [0.4, 0.5) is 0 Å². The predicted molar refractivity (Wildman–Crippen MR) is 104 cm³/mol. The number of carbonyl (C=O) groups excluding carboxylic acids is 1. The molecule has 5 nitrogen and oxygen atoms in total. The molecule has 1 heterocycles. The maximum Gasteiger partial charge on any atom is 0.220 e. The lowest BCUT2D eigenvalue weighted by Crippen LogP contribution is -2.33. The summed E-state index contributed by atoms with van der Waals surface area (Å²) in [5.74, 6) is 2.44. The van der Waals surface area contributed by atoms with Crippen molar-refractivity contribution < 1.29 is 9.90 Å². The first kappa shape index (κ1) is 18.8. The summed E-state index contributed by atoms with van der Waals surface area (Å²) in [5, 5.41) is 22.0. The quantitative estimate of drug-likeness (QED) is 0.664. The largest absolute Gasteiger partial charge is 0.386 e. The summed E-state index contributed by atoms with van der Waals surface area (Å²) in [4.78, 5) is 12.6. The smallest absolute Gasteiger partial charge is 0.220 e. The molecule has 0 saturated carbocycles. The van der Waals surface area contributed by atoms with E-state index in [4.69, 9.17) is 6.42 Å². The van der Waals surface area contributed by atoms with E-state index in [1.165, 1.54) is 0 Å². The van der Waals surface area contributed by atoms with Crippen LogP contribution in [0.3, 0.4) is 0 Å². The van der Waals surface area contributed by atoms with Gasteiger partial charge in [-0.15, -0.1) is 12.3 Å². The van der Waals surface area contributed by atoms with Crippen molar-refractivity contribution >= 4 is 5.91 Å². The molecule has 0 aromatic heterocycles. The zero-order valence-electron chi connectivity index (χ0n) is 15.1. The van der Waals surface area contributed by atoms with Crippen LogP contribution >= 0.6 is 0 Å². The Kier molecular flexibility index (Phi) is 6.00. The van der Waals surface area contributed by atoms with Crippen molar-refractivity contribution in [2.45, 2.75) is 43.5 Å². The van der Waals surface area contributed by atoms with Crippen molar-refractivity contribution in [3.8, 4) is 12.3 Å². The second-order valence-corrected chi connectivity index (χ2v) is 6.70. The second kappa shape index (κ2) is 8.61. The molecule has 0 unspecified atom stereocenters. The highest BCUT2D eigenvalue weighted by molar-refractivity contribution is 5.76. The molecular weight excluding hydrogens is 338 g/mol. The lowest BCUT2D eigenvalue weighted by Gasteiger charge is -2.25. The van der Waals surface area contributed by atoms with E-state index in [0.29, 0.717) is 19.3 Å². The third-order valence-corrected chi connectivity index (χ3v) is 4.74. The molecule has 0 radical (unpaired) electrons. The van der Waals surface area contributed by atoms with E-state index in [9.17, 15) is 9.90 Å². The van der Waals surface area contributed by atoms with Crippen LogP contribution in [0.25, 0.3) is 0 Å². The summed E-state index contributed by atoms with van der Waals surface area (Å²) in [6, 6.07) is 18.3. The zero-order chi connectivity index (χ0) is 19.1. The van der Waals surface area contributed by atoms with Gasteiger partial charge in [0.05, 0.1) is 6.04 Å². The van der Waals surface area contributed by atoms with Crippen molar-refractivity contribution in [1.82, 2.24) is 5.32 Å². The molecule has 1 aliphatic rings. The van der Waals surface area contributed by atoms with E-state index >= 15 is 0 Å². The fraction of sp³-hybridized carbons (Fsp3) is 0.318. The summed E-state index contributed by atoms with van der Waals surface area (Å²) >= 11 is 0. The molecule has 1 amide bonds. The number of aliphatic hydroxyl groups excluding tert-OH is 1. The normalized spacial score (nSPS) is 16.1. The average Bonchev–Trinajstić information content (AvgIpc) is 3.50. The monoisotopic (exact) mass is 361 g/mol. The number of terminal acetylenes is 1. The lowest BCUT2D eigenvalue weighted by molar-refractivity contribution is -0.123. The van der Waals surface area contributed by atoms with Crippen LogP contribution < -0.4 is 5.32 Å². The molecule has 2 aromatic rings. The van der Waals surface area contributed by atoms with E-state index in [1.54, 1.807) is 0 Å². The van der Waals surface area contributed by atoms with E-state index in [0.717, 1.165) is 11.1 Å². The molecule has 2 aromatic carbocycles. The average molecular weight is 361 g/mol. The lowest BCUT2D eigenvalue weighted by atomic mass is 9.95. The first-order valence-corrected chi connectivity index (χ1v) is 9.08. The van der Waals surface area contributed by atoms with Gasteiger partial charge in [0.25, 0.3) is 0 Å². The third-order valence-electron chi connectivity index (χ3n) is 4.74. The Morgan fingerprint density at radius 1 is 1.04 bits per heavy atom. The molecule has 3 rings (SSSR count). The summed E-state index contributed by atoms with van der Waals surface area (Å²) in [6.45, 7) is 0. The van der Waals surface area contributed by atoms with Crippen LogP contribution in [0.5, 0.6) is 0 Å². The molecule has 0 spiro atoms. The van der Waals surface area contributed by atoms with Gasteiger partial charge in [-0.25, -0.2) is 0 Å². The first-order valence-electron chi connectivity index (χ1n) is 9.08. The van der Waals surface area contributed by atoms with Crippen molar-refractivity contribution in [3.05, 3.63) is 71.8 Å². The Hall–Kier alpha value is -2.97. The number of hydrogen-bond acceptors (Lipinski definition) is 4. The number of carbonyl (C=O) groups is 1. The maximum absolute atomic E-state index is 12.6. The molecule has 1 aliphatic heterocycles. The molecule has 0 aliphatic carbocycles. The highest BCUT2D eigenvalue weighted by Gasteiger charge is 2.39.